The van der Waals surface area contributed by atoms with Crippen molar-refractivity contribution in [3.63, 3.8) is 0 Å². The molecule has 1 heterocycles. The first kappa shape index (κ1) is 12.4. The van der Waals surface area contributed by atoms with E-state index in [0.29, 0.717) is 19.7 Å². The Labute approximate surface area is 105 Å². The van der Waals surface area contributed by atoms with E-state index in [0.717, 1.165) is 5.56 Å². The summed E-state index contributed by atoms with van der Waals surface area (Å²) in [5.74, 6) is -0.0625. The van der Waals surface area contributed by atoms with Crippen LogP contribution in [-0.4, -0.2) is 36.3 Å². The van der Waals surface area contributed by atoms with E-state index in [1.807, 2.05) is 0 Å². The van der Waals surface area contributed by atoms with Crippen LogP contribution in [0.3, 0.4) is 0 Å². The smallest absolute Gasteiger partial charge is 0.232 e. The predicted molar refractivity (Wildman–Crippen MR) is 65.5 cm³/mol. The van der Waals surface area contributed by atoms with Crippen LogP contribution >= 0.6 is 12.6 Å². The van der Waals surface area contributed by atoms with Crippen molar-refractivity contribution in [2.75, 3.05) is 25.4 Å². The van der Waals surface area contributed by atoms with Gasteiger partial charge in [-0.1, -0.05) is 12.1 Å². The highest BCUT2D eigenvalue weighted by atomic mass is 32.1. The monoisotopic (exact) mass is 255 g/mol. The number of hydrogen-bond acceptors (Lipinski definition) is 3. The Morgan fingerprint density at radius 2 is 2.18 bits per heavy atom. The van der Waals surface area contributed by atoms with Gasteiger partial charge in [0.25, 0.3) is 0 Å². The van der Waals surface area contributed by atoms with E-state index in [1.54, 1.807) is 17.0 Å². The lowest BCUT2D eigenvalue weighted by molar-refractivity contribution is -0.136. The zero-order valence-corrected chi connectivity index (χ0v) is 10.2. The molecule has 1 aromatic rings. The standard InChI is InChI=1S/C12H14FNO2S/c13-10-3-1-9(2-4-10)11-7-14(5-6-16-11)12(15)8-17/h1-4,11,17H,5-8H2/t11-/m1/s1. The minimum absolute atomic E-state index is 0.00347. The fourth-order valence-electron chi connectivity index (χ4n) is 1.85. The summed E-state index contributed by atoms with van der Waals surface area (Å²) in [4.78, 5) is 13.3. The van der Waals surface area contributed by atoms with Crippen molar-refractivity contribution in [3.8, 4) is 0 Å². The summed E-state index contributed by atoms with van der Waals surface area (Å²) in [6, 6.07) is 6.18. The molecule has 1 amide bonds. The Hall–Kier alpha value is -1.07. The van der Waals surface area contributed by atoms with Crippen LogP contribution in [0.5, 0.6) is 0 Å². The molecule has 0 bridgehead atoms. The van der Waals surface area contributed by atoms with E-state index in [9.17, 15) is 9.18 Å². The number of halogens is 1. The molecule has 0 aromatic heterocycles. The van der Waals surface area contributed by atoms with Crippen molar-refractivity contribution in [2.24, 2.45) is 0 Å². The van der Waals surface area contributed by atoms with Crippen molar-refractivity contribution >= 4 is 18.5 Å². The molecule has 17 heavy (non-hydrogen) atoms. The van der Waals surface area contributed by atoms with E-state index in [4.69, 9.17) is 4.74 Å². The lowest BCUT2D eigenvalue weighted by atomic mass is 10.1. The van der Waals surface area contributed by atoms with Gasteiger partial charge in [0.05, 0.1) is 18.9 Å². The molecule has 1 atom stereocenters. The van der Waals surface area contributed by atoms with Crippen LogP contribution in [0.1, 0.15) is 11.7 Å². The van der Waals surface area contributed by atoms with Gasteiger partial charge in [-0.15, -0.1) is 0 Å². The van der Waals surface area contributed by atoms with Gasteiger partial charge in [-0.3, -0.25) is 4.79 Å². The van der Waals surface area contributed by atoms with Gasteiger partial charge in [0.2, 0.25) is 5.91 Å². The third-order valence-corrected chi connectivity index (χ3v) is 3.07. The van der Waals surface area contributed by atoms with Gasteiger partial charge >= 0.3 is 0 Å². The first-order valence-electron chi connectivity index (χ1n) is 5.46. The highest BCUT2D eigenvalue weighted by molar-refractivity contribution is 7.81. The second kappa shape index (κ2) is 5.51. The number of amides is 1. The number of nitrogens with zero attached hydrogens (tertiary/aromatic N) is 1. The third kappa shape index (κ3) is 2.98. The largest absolute Gasteiger partial charge is 0.370 e. The van der Waals surface area contributed by atoms with Gasteiger partial charge < -0.3 is 9.64 Å². The average molecular weight is 255 g/mol. The average Bonchev–Trinajstić information content (AvgIpc) is 2.39. The summed E-state index contributed by atoms with van der Waals surface area (Å²) in [6.07, 6.45) is -0.173. The molecule has 1 aromatic carbocycles. The summed E-state index contributed by atoms with van der Waals surface area (Å²) < 4.78 is 18.4. The molecule has 92 valence electrons. The molecular weight excluding hydrogens is 241 g/mol. The minimum atomic E-state index is -0.271. The number of rotatable bonds is 2. The molecule has 0 N–H and O–H groups in total. The number of carbonyl (C=O) groups excluding carboxylic acids is 1. The molecule has 3 nitrogen and oxygen atoms in total. The number of ether oxygens (including phenoxy) is 1. The Morgan fingerprint density at radius 1 is 1.47 bits per heavy atom. The molecular formula is C12H14FNO2S. The summed E-state index contributed by atoms with van der Waals surface area (Å²) >= 11 is 3.97. The number of thiol groups is 1. The molecule has 0 aliphatic carbocycles. The summed E-state index contributed by atoms with van der Waals surface area (Å²) in [7, 11) is 0. The summed E-state index contributed by atoms with van der Waals surface area (Å²) in [5.41, 5.74) is 0.892. The van der Waals surface area contributed by atoms with Gasteiger partial charge in [-0.2, -0.15) is 12.6 Å². The number of morpholine rings is 1. The zero-order chi connectivity index (χ0) is 12.3. The predicted octanol–water partition coefficient (Wildman–Crippen LogP) is 1.66. The van der Waals surface area contributed by atoms with Gasteiger partial charge in [0, 0.05) is 6.54 Å². The Morgan fingerprint density at radius 3 is 2.82 bits per heavy atom. The number of carbonyl (C=O) groups is 1. The molecule has 0 radical (unpaired) electrons. The molecule has 1 saturated heterocycles. The second-order valence-corrected chi connectivity index (χ2v) is 4.23. The van der Waals surface area contributed by atoms with Crippen molar-refractivity contribution in [1.82, 2.24) is 4.90 Å². The molecule has 5 heteroatoms. The molecule has 0 spiro atoms. The van der Waals surface area contributed by atoms with E-state index in [1.165, 1.54) is 12.1 Å². The van der Waals surface area contributed by atoms with Crippen LogP contribution in [0.15, 0.2) is 24.3 Å². The van der Waals surface area contributed by atoms with Gasteiger partial charge in [-0.25, -0.2) is 4.39 Å². The molecule has 0 saturated carbocycles. The van der Waals surface area contributed by atoms with Crippen LogP contribution in [0.4, 0.5) is 4.39 Å². The number of benzene rings is 1. The SMILES string of the molecule is O=C(CS)N1CCO[C@@H](c2ccc(F)cc2)C1. The van der Waals surface area contributed by atoms with Crippen LogP contribution in [-0.2, 0) is 9.53 Å². The molecule has 1 aliphatic rings. The van der Waals surface area contributed by atoms with Gasteiger partial charge in [0.15, 0.2) is 0 Å². The van der Waals surface area contributed by atoms with E-state index in [-0.39, 0.29) is 23.6 Å². The second-order valence-electron chi connectivity index (χ2n) is 3.91. The first-order chi connectivity index (χ1) is 8.20. The molecule has 2 rings (SSSR count). The zero-order valence-electron chi connectivity index (χ0n) is 9.30. The summed E-state index contributed by atoms with van der Waals surface area (Å²) in [5, 5.41) is 0. The van der Waals surface area contributed by atoms with Crippen LogP contribution in [0.25, 0.3) is 0 Å². The number of hydrogen-bond donors (Lipinski definition) is 1. The van der Waals surface area contributed by atoms with Crippen molar-refractivity contribution < 1.29 is 13.9 Å². The van der Waals surface area contributed by atoms with E-state index < -0.39 is 0 Å². The lowest BCUT2D eigenvalue weighted by Gasteiger charge is -2.33. The maximum atomic E-state index is 12.8. The fourth-order valence-corrected chi connectivity index (χ4v) is 2.05. The van der Waals surface area contributed by atoms with Gasteiger partial charge in [0.1, 0.15) is 11.9 Å². The van der Waals surface area contributed by atoms with Crippen LogP contribution in [0.2, 0.25) is 0 Å². The van der Waals surface area contributed by atoms with Crippen molar-refractivity contribution in [1.29, 1.82) is 0 Å². The van der Waals surface area contributed by atoms with E-state index in [2.05, 4.69) is 12.6 Å². The minimum Gasteiger partial charge on any atom is -0.370 e. The molecule has 1 fully saturated rings. The summed E-state index contributed by atoms with van der Waals surface area (Å²) in [6.45, 7) is 1.60. The van der Waals surface area contributed by atoms with E-state index >= 15 is 0 Å². The topological polar surface area (TPSA) is 29.5 Å². The Bertz CT molecular complexity index is 396. The maximum Gasteiger partial charge on any atom is 0.232 e. The quantitative estimate of drug-likeness (QED) is 0.814. The van der Waals surface area contributed by atoms with Crippen molar-refractivity contribution in [3.05, 3.63) is 35.6 Å². The highest BCUT2D eigenvalue weighted by Crippen LogP contribution is 2.22. The Balaban J connectivity index is 2.06. The first-order valence-corrected chi connectivity index (χ1v) is 6.09. The maximum absolute atomic E-state index is 12.8. The van der Waals surface area contributed by atoms with Crippen LogP contribution < -0.4 is 0 Å². The molecule has 1 aliphatic heterocycles. The normalized spacial score (nSPS) is 20.4. The Kier molecular flexibility index (Phi) is 4.02. The lowest BCUT2D eigenvalue weighted by Crippen LogP contribution is -2.42. The van der Waals surface area contributed by atoms with Gasteiger partial charge in [-0.05, 0) is 17.7 Å². The van der Waals surface area contributed by atoms with Crippen molar-refractivity contribution in [2.45, 2.75) is 6.10 Å². The third-order valence-electron chi connectivity index (χ3n) is 2.80. The molecule has 0 unspecified atom stereocenters. The van der Waals surface area contributed by atoms with Crippen LogP contribution in [0, 0.1) is 5.82 Å². The highest BCUT2D eigenvalue weighted by Gasteiger charge is 2.24. The fraction of sp³-hybridized carbons (Fsp3) is 0.417.